The summed E-state index contributed by atoms with van der Waals surface area (Å²) >= 11 is 5.32. The summed E-state index contributed by atoms with van der Waals surface area (Å²) in [5, 5.41) is 6.06. The minimum absolute atomic E-state index is 0.0914. The maximum atomic E-state index is 12.8. The maximum Gasteiger partial charge on any atom is 0.257 e. The van der Waals surface area contributed by atoms with Crippen LogP contribution >= 0.6 is 12.2 Å². The Morgan fingerprint density at radius 3 is 1.81 bits per heavy atom. The number of amides is 2. The van der Waals surface area contributed by atoms with E-state index in [9.17, 15) is 9.59 Å². The van der Waals surface area contributed by atoms with Gasteiger partial charge in [-0.25, -0.2) is 0 Å². The van der Waals surface area contributed by atoms with E-state index in [1.54, 1.807) is 12.1 Å². The molecule has 0 atom stereocenters. The predicted octanol–water partition coefficient (Wildman–Crippen LogP) is 4.90. The second-order valence-corrected chi connectivity index (χ2v) is 9.24. The van der Waals surface area contributed by atoms with Gasteiger partial charge in [0.25, 0.3) is 11.8 Å². The molecule has 7 heteroatoms. The second kappa shape index (κ2) is 11.8. The summed E-state index contributed by atoms with van der Waals surface area (Å²) in [4.78, 5) is 29.5. The zero-order valence-electron chi connectivity index (χ0n) is 20.8. The Hall–Kier alpha value is -3.71. The number of anilines is 2. The van der Waals surface area contributed by atoms with Crippen molar-refractivity contribution in [1.29, 1.82) is 0 Å². The molecular weight excluding hydrogens is 468 g/mol. The van der Waals surface area contributed by atoms with Crippen LogP contribution in [0.5, 0.6) is 0 Å². The number of nitrogens with one attached hydrogen (secondary N) is 2. The third kappa shape index (κ3) is 6.29. The van der Waals surface area contributed by atoms with Gasteiger partial charge in [-0.15, -0.1) is 0 Å². The van der Waals surface area contributed by atoms with Gasteiger partial charge in [0.15, 0.2) is 5.11 Å². The highest BCUT2D eigenvalue weighted by atomic mass is 32.1. The van der Waals surface area contributed by atoms with Crippen LogP contribution in [0.4, 0.5) is 11.4 Å². The van der Waals surface area contributed by atoms with Crippen LogP contribution in [-0.2, 0) is 12.8 Å². The van der Waals surface area contributed by atoms with Crippen LogP contribution in [0.15, 0.2) is 72.8 Å². The molecule has 0 unspecified atom stereocenters. The quantitative estimate of drug-likeness (QED) is 0.472. The van der Waals surface area contributed by atoms with Gasteiger partial charge in [0.05, 0.1) is 0 Å². The van der Waals surface area contributed by atoms with Crippen molar-refractivity contribution in [2.75, 3.05) is 36.4 Å². The lowest BCUT2D eigenvalue weighted by Crippen LogP contribution is -2.48. The molecule has 3 aromatic rings. The average Bonchev–Trinajstić information content (AvgIpc) is 2.93. The molecule has 36 heavy (non-hydrogen) atoms. The minimum Gasteiger partial charge on any atom is -0.368 e. The first kappa shape index (κ1) is 25.4. The molecule has 0 saturated carbocycles. The minimum atomic E-state index is -0.236. The van der Waals surface area contributed by atoms with Crippen LogP contribution in [0.3, 0.4) is 0 Å². The molecule has 0 spiro atoms. The molecular formula is C29H32N4O2S. The number of nitrogens with zero attached hydrogens (tertiary/aromatic N) is 2. The molecule has 3 aromatic carbocycles. The highest BCUT2D eigenvalue weighted by Crippen LogP contribution is 2.20. The van der Waals surface area contributed by atoms with Gasteiger partial charge in [-0.3, -0.25) is 14.9 Å². The summed E-state index contributed by atoms with van der Waals surface area (Å²) in [6.45, 7) is 7.10. The predicted molar refractivity (Wildman–Crippen MR) is 150 cm³/mol. The van der Waals surface area contributed by atoms with Crippen LogP contribution in [0.2, 0.25) is 0 Å². The third-order valence-corrected chi connectivity index (χ3v) is 6.72. The Morgan fingerprint density at radius 1 is 0.750 bits per heavy atom. The van der Waals surface area contributed by atoms with Gasteiger partial charge in [0, 0.05) is 48.7 Å². The summed E-state index contributed by atoms with van der Waals surface area (Å²) in [5.41, 5.74) is 5.63. The summed E-state index contributed by atoms with van der Waals surface area (Å²) in [7, 11) is 0. The number of thiocarbonyl (C=S) groups is 1. The first-order valence-electron chi connectivity index (χ1n) is 12.4. The molecule has 2 amide bonds. The number of hydrogen-bond acceptors (Lipinski definition) is 4. The normalized spacial score (nSPS) is 13.3. The number of benzene rings is 3. The number of hydrogen-bond donors (Lipinski definition) is 2. The third-order valence-electron chi connectivity index (χ3n) is 6.52. The summed E-state index contributed by atoms with van der Waals surface area (Å²) in [5.74, 6) is -0.144. The smallest absolute Gasteiger partial charge is 0.257 e. The van der Waals surface area contributed by atoms with Crippen molar-refractivity contribution in [2.24, 2.45) is 0 Å². The molecule has 1 aliphatic rings. The molecule has 186 valence electrons. The average molecular weight is 501 g/mol. The van der Waals surface area contributed by atoms with Crippen molar-refractivity contribution in [2.45, 2.75) is 26.7 Å². The molecule has 6 nitrogen and oxygen atoms in total. The van der Waals surface area contributed by atoms with Crippen molar-refractivity contribution in [3.8, 4) is 0 Å². The first-order valence-corrected chi connectivity index (χ1v) is 12.8. The van der Waals surface area contributed by atoms with Crippen LogP contribution in [0.1, 0.15) is 45.7 Å². The molecule has 0 aliphatic carbocycles. The maximum absolute atomic E-state index is 12.8. The Morgan fingerprint density at radius 2 is 1.28 bits per heavy atom. The zero-order valence-corrected chi connectivity index (χ0v) is 21.6. The standard InChI is InChI=1S/C29H32N4O2S/c1-3-21-5-9-23(10-6-21)27(34)31-29(36)30-25-13-15-26(16-14-25)32-17-19-33(20-18-32)28(35)24-11-7-22(4-2)8-12-24/h5-16H,3-4,17-20H2,1-2H3,(H2,30,31,34,36). The number of carbonyl (C=O) groups excluding carboxylic acids is 2. The van der Waals surface area contributed by atoms with Gasteiger partial charge in [0.1, 0.15) is 0 Å². The molecule has 1 heterocycles. The van der Waals surface area contributed by atoms with Crippen molar-refractivity contribution in [3.63, 3.8) is 0 Å². The van der Waals surface area contributed by atoms with Gasteiger partial charge in [0.2, 0.25) is 0 Å². The van der Waals surface area contributed by atoms with E-state index in [1.165, 1.54) is 11.1 Å². The molecule has 4 rings (SSSR count). The second-order valence-electron chi connectivity index (χ2n) is 8.84. The van der Waals surface area contributed by atoms with Crippen molar-refractivity contribution in [3.05, 3.63) is 95.1 Å². The van der Waals surface area contributed by atoms with Crippen LogP contribution in [-0.4, -0.2) is 48.0 Å². The zero-order chi connectivity index (χ0) is 25.5. The van der Waals surface area contributed by atoms with E-state index in [2.05, 4.69) is 29.4 Å². The lowest BCUT2D eigenvalue weighted by molar-refractivity contribution is 0.0746. The number of carbonyl (C=O) groups is 2. The van der Waals surface area contributed by atoms with Crippen molar-refractivity contribution >= 4 is 40.5 Å². The monoisotopic (exact) mass is 500 g/mol. The van der Waals surface area contributed by atoms with Gasteiger partial charge in [-0.1, -0.05) is 38.1 Å². The highest BCUT2D eigenvalue weighted by Gasteiger charge is 2.22. The van der Waals surface area contributed by atoms with Gasteiger partial charge < -0.3 is 15.1 Å². The summed E-state index contributed by atoms with van der Waals surface area (Å²) in [6, 6.07) is 23.3. The number of piperazine rings is 1. The molecule has 0 aromatic heterocycles. The number of aryl methyl sites for hydroxylation is 2. The van der Waals surface area contributed by atoms with E-state index in [1.807, 2.05) is 65.6 Å². The lowest BCUT2D eigenvalue weighted by atomic mass is 10.1. The highest BCUT2D eigenvalue weighted by molar-refractivity contribution is 7.80. The molecule has 1 aliphatic heterocycles. The molecule has 1 saturated heterocycles. The number of rotatable bonds is 6. The first-order chi connectivity index (χ1) is 17.5. The SMILES string of the molecule is CCc1ccc(C(=O)NC(=S)Nc2ccc(N3CCN(C(=O)c4ccc(CC)cc4)CC3)cc2)cc1. The largest absolute Gasteiger partial charge is 0.368 e. The Labute approximate surface area is 218 Å². The van der Waals surface area contributed by atoms with Crippen molar-refractivity contribution in [1.82, 2.24) is 10.2 Å². The fourth-order valence-corrected chi connectivity index (χ4v) is 4.43. The molecule has 1 fully saturated rings. The Kier molecular flexibility index (Phi) is 8.33. The van der Waals surface area contributed by atoms with Crippen molar-refractivity contribution < 1.29 is 9.59 Å². The molecule has 0 bridgehead atoms. The van der Waals surface area contributed by atoms with Gasteiger partial charge in [-0.2, -0.15) is 0 Å². The van der Waals surface area contributed by atoms with Gasteiger partial charge >= 0.3 is 0 Å². The van der Waals surface area contributed by atoms with E-state index in [0.29, 0.717) is 18.7 Å². The summed E-state index contributed by atoms with van der Waals surface area (Å²) in [6.07, 6.45) is 1.90. The van der Waals surface area contributed by atoms with E-state index in [4.69, 9.17) is 12.2 Å². The van der Waals surface area contributed by atoms with Crippen LogP contribution in [0.25, 0.3) is 0 Å². The van der Waals surface area contributed by atoms with E-state index < -0.39 is 0 Å². The van der Waals surface area contributed by atoms with E-state index in [0.717, 1.165) is 42.9 Å². The Balaban J connectivity index is 1.26. The van der Waals surface area contributed by atoms with Gasteiger partial charge in [-0.05, 0) is 84.7 Å². The van der Waals surface area contributed by atoms with Crippen LogP contribution in [0, 0.1) is 0 Å². The lowest BCUT2D eigenvalue weighted by Gasteiger charge is -2.36. The fourth-order valence-electron chi connectivity index (χ4n) is 4.22. The van der Waals surface area contributed by atoms with Crippen LogP contribution < -0.4 is 15.5 Å². The Bertz CT molecular complexity index is 1200. The molecule has 2 N–H and O–H groups in total. The summed E-state index contributed by atoms with van der Waals surface area (Å²) < 4.78 is 0. The van der Waals surface area contributed by atoms with E-state index >= 15 is 0 Å². The topological polar surface area (TPSA) is 64.7 Å². The van der Waals surface area contributed by atoms with E-state index in [-0.39, 0.29) is 16.9 Å². The molecule has 0 radical (unpaired) electrons. The fraction of sp³-hybridized carbons (Fsp3) is 0.276.